The smallest absolute Gasteiger partial charge is 0.405 e. The molecule has 1 aromatic carbocycles. The van der Waals surface area contributed by atoms with E-state index in [4.69, 9.17) is 5.11 Å². The fraction of sp³-hybridized carbons (Fsp3) is 0.231. The fourth-order valence-corrected chi connectivity index (χ4v) is 2.31. The number of aliphatic hydroxyl groups is 1. The molecule has 0 aliphatic carbocycles. The quantitative estimate of drug-likeness (QED) is 0.746. The molecule has 1 aliphatic heterocycles. The van der Waals surface area contributed by atoms with Crippen LogP contribution in [0.3, 0.4) is 0 Å². The maximum absolute atomic E-state index is 12.2. The zero-order valence-corrected chi connectivity index (χ0v) is 12.9. The number of hydrogen-bond donors (Lipinski definition) is 2. The van der Waals surface area contributed by atoms with E-state index < -0.39 is 23.9 Å². The van der Waals surface area contributed by atoms with Crippen LogP contribution in [0.4, 0.5) is 18.9 Å². The molecule has 0 unspecified atom stereocenters. The summed E-state index contributed by atoms with van der Waals surface area (Å²) in [6.45, 7) is -0.505. The normalized spacial score (nSPS) is 15.0. The SMILES string of the molecule is O=C1C=C(Nc2ccc(OC(F)(F)F)c(Br)c2)C(=O)N1CCO. The molecule has 2 N–H and O–H groups in total. The lowest BCUT2D eigenvalue weighted by Gasteiger charge is -2.14. The zero-order valence-electron chi connectivity index (χ0n) is 11.4. The molecule has 2 rings (SSSR count). The number of nitrogens with one attached hydrogen (secondary N) is 1. The van der Waals surface area contributed by atoms with E-state index in [0.29, 0.717) is 0 Å². The maximum atomic E-state index is 12.2. The van der Waals surface area contributed by atoms with Crippen LogP contribution in [0.1, 0.15) is 0 Å². The number of ether oxygens (including phenoxy) is 1. The van der Waals surface area contributed by atoms with Gasteiger partial charge in [-0.15, -0.1) is 13.2 Å². The van der Waals surface area contributed by atoms with Crippen LogP contribution in [0.15, 0.2) is 34.4 Å². The highest BCUT2D eigenvalue weighted by atomic mass is 79.9. The van der Waals surface area contributed by atoms with E-state index in [1.165, 1.54) is 12.1 Å². The molecule has 0 saturated carbocycles. The lowest BCUT2D eigenvalue weighted by molar-refractivity contribution is -0.274. The molecule has 0 atom stereocenters. The number of imide groups is 1. The number of β-amino-alcohol motifs (C(OH)–C–C–N with tert-alkyl or cyclic N) is 1. The molecule has 124 valence electrons. The minimum atomic E-state index is -4.82. The van der Waals surface area contributed by atoms with Gasteiger partial charge in [-0.05, 0) is 34.1 Å². The van der Waals surface area contributed by atoms with Gasteiger partial charge in [0.2, 0.25) is 0 Å². The van der Waals surface area contributed by atoms with Crippen LogP contribution in [-0.4, -0.2) is 41.3 Å². The van der Waals surface area contributed by atoms with Crippen LogP contribution < -0.4 is 10.1 Å². The summed E-state index contributed by atoms with van der Waals surface area (Å²) in [6, 6.07) is 3.60. The number of benzene rings is 1. The van der Waals surface area contributed by atoms with Crippen LogP contribution in [-0.2, 0) is 9.59 Å². The second-order valence-corrected chi connectivity index (χ2v) is 5.25. The van der Waals surface area contributed by atoms with Crippen molar-refractivity contribution in [2.75, 3.05) is 18.5 Å². The topological polar surface area (TPSA) is 78.9 Å². The summed E-state index contributed by atoms with van der Waals surface area (Å²) in [6.07, 6.45) is -3.77. The Bertz CT molecular complexity index is 676. The predicted molar refractivity (Wildman–Crippen MR) is 76.3 cm³/mol. The molecule has 6 nitrogen and oxygen atoms in total. The largest absolute Gasteiger partial charge is 0.573 e. The van der Waals surface area contributed by atoms with E-state index in [-0.39, 0.29) is 29.0 Å². The monoisotopic (exact) mass is 394 g/mol. The minimum Gasteiger partial charge on any atom is -0.405 e. The molecule has 1 aromatic rings. The summed E-state index contributed by atoms with van der Waals surface area (Å²) in [4.78, 5) is 24.3. The number of alkyl halides is 3. The van der Waals surface area contributed by atoms with Gasteiger partial charge in [-0.25, -0.2) is 0 Å². The third-order valence-electron chi connectivity index (χ3n) is 2.77. The van der Waals surface area contributed by atoms with Crippen LogP contribution in [0.2, 0.25) is 0 Å². The summed E-state index contributed by atoms with van der Waals surface area (Å²) in [7, 11) is 0. The van der Waals surface area contributed by atoms with Crippen molar-refractivity contribution < 1.29 is 32.6 Å². The first-order valence-electron chi connectivity index (χ1n) is 6.22. The molecule has 0 aromatic heterocycles. The van der Waals surface area contributed by atoms with Crippen LogP contribution in [0, 0.1) is 0 Å². The van der Waals surface area contributed by atoms with Crippen molar-refractivity contribution in [3.63, 3.8) is 0 Å². The Morgan fingerprint density at radius 2 is 2.00 bits per heavy atom. The van der Waals surface area contributed by atoms with E-state index in [1.807, 2.05) is 0 Å². The molecule has 0 fully saturated rings. The molecule has 0 saturated heterocycles. The molecule has 0 radical (unpaired) electrons. The number of halogens is 4. The first-order valence-corrected chi connectivity index (χ1v) is 7.01. The van der Waals surface area contributed by atoms with Crippen LogP contribution in [0.5, 0.6) is 5.75 Å². The molecular weight excluding hydrogens is 385 g/mol. The van der Waals surface area contributed by atoms with Crippen molar-refractivity contribution >= 4 is 33.4 Å². The Morgan fingerprint density at radius 3 is 2.57 bits per heavy atom. The van der Waals surface area contributed by atoms with E-state index in [9.17, 15) is 22.8 Å². The van der Waals surface area contributed by atoms with Gasteiger partial charge in [-0.2, -0.15) is 0 Å². The average molecular weight is 395 g/mol. The summed E-state index contributed by atoms with van der Waals surface area (Å²) in [5, 5.41) is 11.4. The highest BCUT2D eigenvalue weighted by Crippen LogP contribution is 2.33. The Labute approximate surface area is 136 Å². The van der Waals surface area contributed by atoms with Gasteiger partial charge in [-0.1, -0.05) is 0 Å². The number of hydrogen-bond acceptors (Lipinski definition) is 5. The van der Waals surface area contributed by atoms with Gasteiger partial charge >= 0.3 is 6.36 Å². The zero-order chi connectivity index (χ0) is 17.2. The predicted octanol–water partition coefficient (Wildman–Crippen LogP) is 2.00. The number of carbonyl (C=O) groups is 2. The number of nitrogens with zero attached hydrogens (tertiary/aromatic N) is 1. The molecule has 23 heavy (non-hydrogen) atoms. The summed E-state index contributed by atoms with van der Waals surface area (Å²) >= 11 is 2.93. The number of rotatable bonds is 5. The van der Waals surface area contributed by atoms with Crippen molar-refractivity contribution in [3.8, 4) is 5.75 Å². The van der Waals surface area contributed by atoms with Crippen molar-refractivity contribution in [2.24, 2.45) is 0 Å². The first-order chi connectivity index (χ1) is 10.7. The highest BCUT2D eigenvalue weighted by molar-refractivity contribution is 9.10. The summed E-state index contributed by atoms with van der Waals surface area (Å²) in [5.74, 6) is -1.65. The lowest BCUT2D eigenvalue weighted by Crippen LogP contribution is -2.34. The number of anilines is 1. The lowest BCUT2D eigenvalue weighted by atomic mass is 10.3. The average Bonchev–Trinajstić information content (AvgIpc) is 2.69. The minimum absolute atomic E-state index is 0.0180. The van der Waals surface area contributed by atoms with Gasteiger partial charge < -0.3 is 15.2 Å². The van der Waals surface area contributed by atoms with Crippen molar-refractivity contribution in [3.05, 3.63) is 34.4 Å². The second kappa shape index (κ2) is 6.59. The Kier molecular flexibility index (Phi) is 4.95. The molecule has 1 heterocycles. The molecule has 0 spiro atoms. The van der Waals surface area contributed by atoms with E-state index in [1.54, 1.807) is 0 Å². The van der Waals surface area contributed by atoms with Gasteiger partial charge in [0.05, 0.1) is 17.6 Å². The third kappa shape index (κ3) is 4.23. The number of aliphatic hydroxyl groups excluding tert-OH is 1. The van der Waals surface area contributed by atoms with E-state index in [2.05, 4.69) is 26.0 Å². The van der Waals surface area contributed by atoms with Gasteiger partial charge in [0.1, 0.15) is 11.4 Å². The summed E-state index contributed by atoms with van der Waals surface area (Å²) < 4.78 is 40.4. The Hall–Kier alpha value is -2.07. The fourth-order valence-electron chi connectivity index (χ4n) is 1.85. The van der Waals surface area contributed by atoms with Crippen molar-refractivity contribution in [2.45, 2.75) is 6.36 Å². The van der Waals surface area contributed by atoms with Crippen molar-refractivity contribution in [1.82, 2.24) is 4.90 Å². The van der Waals surface area contributed by atoms with Crippen molar-refractivity contribution in [1.29, 1.82) is 0 Å². The molecule has 10 heteroatoms. The molecule has 0 bridgehead atoms. The third-order valence-corrected chi connectivity index (χ3v) is 3.39. The first kappa shape index (κ1) is 17.3. The molecular formula is C13H10BrF3N2O4. The summed E-state index contributed by atoms with van der Waals surface area (Å²) in [5.41, 5.74) is 0.240. The van der Waals surface area contributed by atoms with Crippen LogP contribution >= 0.6 is 15.9 Å². The highest BCUT2D eigenvalue weighted by Gasteiger charge is 2.32. The molecule has 2 amide bonds. The Balaban J connectivity index is 2.13. The van der Waals surface area contributed by atoms with E-state index >= 15 is 0 Å². The van der Waals surface area contributed by atoms with Gasteiger partial charge in [0.25, 0.3) is 11.8 Å². The van der Waals surface area contributed by atoms with Gasteiger partial charge in [0.15, 0.2) is 0 Å². The van der Waals surface area contributed by atoms with Gasteiger partial charge in [0, 0.05) is 11.8 Å². The Morgan fingerprint density at radius 1 is 1.30 bits per heavy atom. The van der Waals surface area contributed by atoms with E-state index in [0.717, 1.165) is 17.0 Å². The molecule has 1 aliphatic rings. The maximum Gasteiger partial charge on any atom is 0.573 e. The second-order valence-electron chi connectivity index (χ2n) is 4.39. The number of carbonyl (C=O) groups excluding carboxylic acids is 2. The van der Waals surface area contributed by atoms with Crippen LogP contribution in [0.25, 0.3) is 0 Å². The van der Waals surface area contributed by atoms with Gasteiger partial charge in [-0.3, -0.25) is 14.5 Å². The standard InChI is InChI=1S/C13H10BrF3N2O4/c14-8-5-7(1-2-10(8)23-13(15,16)17)18-9-6-11(21)19(3-4-20)12(9)22/h1-2,5-6,18,20H,3-4H2. The number of amides is 2.